The molecule has 0 bridgehead atoms. The van der Waals surface area contributed by atoms with Crippen LogP contribution < -0.4 is 4.74 Å². The number of halogens is 1. The van der Waals surface area contributed by atoms with Crippen LogP contribution in [0.1, 0.15) is 41.5 Å². The van der Waals surface area contributed by atoms with Crippen LogP contribution in [0.3, 0.4) is 0 Å². The molecule has 1 aromatic carbocycles. The monoisotopic (exact) mass is 463 g/mol. The smallest absolute Gasteiger partial charge is 0.295 e. The number of methoxy groups -OCH3 is 1. The SMILES string of the molecule is COc1c(Cl)cc(C)cc1/C(O)=C1\C(=O)C(=O)N(CCOC(C)C)C1c1sccc1C. The lowest BCUT2D eigenvalue weighted by Gasteiger charge is -2.25. The van der Waals surface area contributed by atoms with Crippen LogP contribution in [-0.2, 0) is 14.3 Å². The minimum atomic E-state index is -0.737. The summed E-state index contributed by atoms with van der Waals surface area (Å²) in [6.07, 6.45) is -0.00237. The van der Waals surface area contributed by atoms with Crippen molar-refractivity contribution in [1.82, 2.24) is 4.90 Å². The maximum Gasteiger partial charge on any atom is 0.295 e. The summed E-state index contributed by atoms with van der Waals surface area (Å²) in [5.74, 6) is -1.45. The quantitative estimate of drug-likeness (QED) is 0.360. The van der Waals surface area contributed by atoms with Crippen LogP contribution in [0.2, 0.25) is 5.02 Å². The van der Waals surface area contributed by atoms with E-state index in [0.717, 1.165) is 16.0 Å². The number of ether oxygens (including phenoxy) is 2. The van der Waals surface area contributed by atoms with Gasteiger partial charge < -0.3 is 19.5 Å². The summed E-state index contributed by atoms with van der Waals surface area (Å²) in [4.78, 5) is 28.3. The van der Waals surface area contributed by atoms with E-state index in [1.165, 1.54) is 23.3 Å². The maximum atomic E-state index is 13.1. The molecule has 1 saturated heterocycles. The number of amides is 1. The number of Topliss-reactive ketones (excluding diaryl/α,β-unsaturated/α-hetero) is 1. The second-order valence-corrected chi connectivity index (χ2v) is 9.06. The lowest BCUT2D eigenvalue weighted by atomic mass is 9.97. The summed E-state index contributed by atoms with van der Waals surface area (Å²) >= 11 is 7.74. The Hall–Kier alpha value is -2.35. The Morgan fingerprint density at radius 2 is 2.00 bits per heavy atom. The number of rotatable bonds is 7. The van der Waals surface area contributed by atoms with Crippen molar-refractivity contribution in [2.75, 3.05) is 20.3 Å². The molecular weight excluding hydrogens is 438 g/mol. The van der Waals surface area contributed by atoms with Gasteiger partial charge >= 0.3 is 0 Å². The first-order valence-electron chi connectivity index (χ1n) is 9.95. The molecule has 0 aliphatic carbocycles. The van der Waals surface area contributed by atoms with E-state index >= 15 is 0 Å². The van der Waals surface area contributed by atoms with E-state index in [2.05, 4.69) is 0 Å². The van der Waals surface area contributed by atoms with Gasteiger partial charge in [-0.05, 0) is 62.4 Å². The van der Waals surface area contributed by atoms with Gasteiger partial charge in [0.25, 0.3) is 11.7 Å². The van der Waals surface area contributed by atoms with Crippen molar-refractivity contribution in [2.45, 2.75) is 39.8 Å². The van der Waals surface area contributed by atoms with Crippen LogP contribution in [-0.4, -0.2) is 48.1 Å². The van der Waals surface area contributed by atoms with Gasteiger partial charge in [-0.2, -0.15) is 0 Å². The summed E-state index contributed by atoms with van der Waals surface area (Å²) in [5.41, 5.74) is 2.03. The standard InChI is InChI=1S/C23H26ClNO5S/c1-12(2)30-8-7-25-18(22-14(4)6-9-31-22)17(20(27)23(25)28)19(26)15-10-13(3)11-16(24)21(15)29-5/h6,9-12,18,26H,7-8H2,1-5H3/b19-17+. The summed E-state index contributed by atoms with van der Waals surface area (Å²) in [6.45, 7) is 8.07. The molecule has 1 fully saturated rings. The van der Waals surface area contributed by atoms with Crippen LogP contribution in [0.15, 0.2) is 29.2 Å². The van der Waals surface area contributed by atoms with Gasteiger partial charge in [0.2, 0.25) is 0 Å². The zero-order valence-electron chi connectivity index (χ0n) is 18.2. The highest BCUT2D eigenvalue weighted by Crippen LogP contribution is 2.44. The molecule has 2 heterocycles. The summed E-state index contributed by atoms with van der Waals surface area (Å²) < 4.78 is 11.0. The highest BCUT2D eigenvalue weighted by atomic mass is 35.5. The Morgan fingerprint density at radius 3 is 2.58 bits per heavy atom. The third kappa shape index (κ3) is 4.49. The fourth-order valence-corrected chi connectivity index (χ4v) is 5.09. The van der Waals surface area contributed by atoms with E-state index < -0.39 is 17.7 Å². The molecule has 1 aliphatic heterocycles. The number of hydrogen-bond donors (Lipinski definition) is 1. The number of benzene rings is 1. The lowest BCUT2D eigenvalue weighted by Crippen LogP contribution is -2.33. The number of carbonyl (C=O) groups excluding carboxylic acids is 2. The van der Waals surface area contributed by atoms with Crippen LogP contribution in [0.4, 0.5) is 0 Å². The largest absolute Gasteiger partial charge is 0.507 e. The Morgan fingerprint density at radius 1 is 1.29 bits per heavy atom. The predicted octanol–water partition coefficient (Wildman–Crippen LogP) is 4.87. The molecule has 6 nitrogen and oxygen atoms in total. The second kappa shape index (κ2) is 9.42. The number of hydrogen-bond acceptors (Lipinski definition) is 6. The van der Waals surface area contributed by atoms with Crippen molar-refractivity contribution >= 4 is 40.4 Å². The van der Waals surface area contributed by atoms with Crippen molar-refractivity contribution < 1.29 is 24.2 Å². The van der Waals surface area contributed by atoms with Gasteiger partial charge in [0.1, 0.15) is 11.5 Å². The van der Waals surface area contributed by atoms with Crippen molar-refractivity contribution in [3.8, 4) is 5.75 Å². The van der Waals surface area contributed by atoms with E-state index in [4.69, 9.17) is 21.1 Å². The number of ketones is 1. The first kappa shape index (κ1) is 23.3. The Balaban J connectivity index is 2.18. The molecule has 1 amide bonds. The van der Waals surface area contributed by atoms with Crippen LogP contribution in [0, 0.1) is 13.8 Å². The molecule has 31 heavy (non-hydrogen) atoms. The molecule has 8 heteroatoms. The van der Waals surface area contributed by atoms with Crippen LogP contribution in [0.25, 0.3) is 5.76 Å². The lowest BCUT2D eigenvalue weighted by molar-refractivity contribution is -0.140. The number of thiophene rings is 1. The van der Waals surface area contributed by atoms with E-state index in [-0.39, 0.29) is 41.9 Å². The molecule has 1 unspecified atom stereocenters. The molecule has 1 aliphatic rings. The van der Waals surface area contributed by atoms with Crippen LogP contribution >= 0.6 is 22.9 Å². The molecule has 0 radical (unpaired) electrons. The summed E-state index contributed by atoms with van der Waals surface area (Å²) in [7, 11) is 1.44. The van der Waals surface area contributed by atoms with Gasteiger partial charge in [-0.25, -0.2) is 0 Å². The number of carbonyl (C=O) groups is 2. The summed E-state index contributed by atoms with van der Waals surface area (Å²) in [6, 6.07) is 4.61. The van der Waals surface area contributed by atoms with Gasteiger partial charge in [0.15, 0.2) is 0 Å². The Bertz CT molecular complexity index is 1040. The molecular formula is C23H26ClNO5S. The summed E-state index contributed by atoms with van der Waals surface area (Å²) in [5, 5.41) is 13.5. The van der Waals surface area contributed by atoms with Gasteiger partial charge in [0, 0.05) is 11.4 Å². The fraction of sp³-hybridized carbons (Fsp3) is 0.391. The van der Waals surface area contributed by atoms with Crippen molar-refractivity contribution in [2.24, 2.45) is 0 Å². The van der Waals surface area contributed by atoms with E-state index in [9.17, 15) is 14.7 Å². The van der Waals surface area contributed by atoms with Crippen molar-refractivity contribution in [3.05, 3.63) is 55.7 Å². The van der Waals surface area contributed by atoms with Gasteiger partial charge in [-0.1, -0.05) is 11.6 Å². The Labute approximate surface area is 191 Å². The van der Waals surface area contributed by atoms with Crippen molar-refractivity contribution in [1.29, 1.82) is 0 Å². The van der Waals surface area contributed by atoms with E-state index in [1.54, 1.807) is 12.1 Å². The zero-order valence-corrected chi connectivity index (χ0v) is 19.8. The fourth-order valence-electron chi connectivity index (χ4n) is 3.69. The molecule has 0 saturated carbocycles. The number of nitrogens with zero attached hydrogens (tertiary/aromatic N) is 1. The third-order valence-electron chi connectivity index (χ3n) is 5.12. The molecule has 1 atom stereocenters. The zero-order chi connectivity index (χ0) is 22.9. The maximum absolute atomic E-state index is 13.1. The topological polar surface area (TPSA) is 76.1 Å². The second-order valence-electron chi connectivity index (χ2n) is 7.71. The number of likely N-dealkylation sites (tertiary alicyclic amines) is 1. The number of aliphatic hydroxyl groups is 1. The molecule has 2 aromatic rings. The van der Waals surface area contributed by atoms with Gasteiger partial charge in [-0.3, -0.25) is 9.59 Å². The van der Waals surface area contributed by atoms with E-state index in [0.29, 0.717) is 5.02 Å². The minimum Gasteiger partial charge on any atom is -0.507 e. The molecule has 3 rings (SSSR count). The normalized spacial score (nSPS) is 18.3. The average molecular weight is 464 g/mol. The van der Waals surface area contributed by atoms with E-state index in [1.807, 2.05) is 39.1 Å². The highest BCUT2D eigenvalue weighted by Gasteiger charge is 2.47. The average Bonchev–Trinajstić information content (AvgIpc) is 3.22. The third-order valence-corrected chi connectivity index (χ3v) is 6.47. The van der Waals surface area contributed by atoms with Crippen LogP contribution in [0.5, 0.6) is 5.75 Å². The van der Waals surface area contributed by atoms with Crippen molar-refractivity contribution in [3.63, 3.8) is 0 Å². The first-order chi connectivity index (χ1) is 14.7. The molecule has 166 valence electrons. The molecule has 0 spiro atoms. The molecule has 1 N–H and O–H groups in total. The highest BCUT2D eigenvalue weighted by molar-refractivity contribution is 7.10. The minimum absolute atomic E-state index is 0.00237. The number of aliphatic hydroxyl groups excluding tert-OH is 1. The van der Waals surface area contributed by atoms with Gasteiger partial charge in [-0.15, -0.1) is 11.3 Å². The first-order valence-corrected chi connectivity index (χ1v) is 11.2. The Kier molecular flexibility index (Phi) is 7.09. The molecule has 1 aromatic heterocycles. The number of aryl methyl sites for hydroxylation is 2. The van der Waals surface area contributed by atoms with Gasteiger partial charge in [0.05, 0.1) is 42.0 Å². The predicted molar refractivity (Wildman–Crippen MR) is 122 cm³/mol.